The first-order chi connectivity index (χ1) is 10.6. The first-order valence-corrected chi connectivity index (χ1v) is 8.69. The summed E-state index contributed by atoms with van der Waals surface area (Å²) in [4.78, 5) is 19.1. The Hall–Kier alpha value is -1.69. The predicted molar refractivity (Wildman–Crippen MR) is 86.9 cm³/mol. The maximum absolute atomic E-state index is 12.6. The molecule has 0 bridgehead atoms. The summed E-state index contributed by atoms with van der Waals surface area (Å²) < 4.78 is 1.96. The highest BCUT2D eigenvalue weighted by atomic mass is 32.1. The van der Waals surface area contributed by atoms with Gasteiger partial charge in [-0.3, -0.25) is 9.48 Å². The molecule has 3 heterocycles. The Balaban J connectivity index is 1.67. The van der Waals surface area contributed by atoms with Gasteiger partial charge in [0.25, 0.3) is 0 Å². The number of carbonyl (C=O) groups excluding carboxylic acids is 1. The minimum atomic E-state index is 0.193. The fraction of sp³-hybridized carbons (Fsp3) is 0.562. The van der Waals surface area contributed by atoms with Crippen LogP contribution in [0.15, 0.2) is 17.8 Å². The van der Waals surface area contributed by atoms with Crippen LogP contribution in [0.25, 0.3) is 0 Å². The van der Waals surface area contributed by atoms with Gasteiger partial charge in [0.15, 0.2) is 0 Å². The van der Waals surface area contributed by atoms with Crippen LogP contribution < -0.4 is 0 Å². The fourth-order valence-electron chi connectivity index (χ4n) is 3.05. The van der Waals surface area contributed by atoms with Crippen LogP contribution in [0.2, 0.25) is 0 Å². The molecular formula is C16H22N4OS. The van der Waals surface area contributed by atoms with E-state index in [4.69, 9.17) is 0 Å². The molecule has 0 saturated carbocycles. The van der Waals surface area contributed by atoms with Gasteiger partial charge in [0.05, 0.1) is 35.9 Å². The average Bonchev–Trinajstić information content (AvgIpc) is 3.08. The van der Waals surface area contributed by atoms with E-state index in [-0.39, 0.29) is 11.9 Å². The number of likely N-dealkylation sites (tertiary alicyclic amines) is 1. The first kappa shape index (κ1) is 15.2. The van der Waals surface area contributed by atoms with E-state index in [1.165, 1.54) is 6.42 Å². The Bertz CT molecular complexity index is 648. The normalized spacial score (nSPS) is 18.6. The Labute approximate surface area is 135 Å². The average molecular weight is 318 g/mol. The third-order valence-electron chi connectivity index (χ3n) is 4.11. The first-order valence-electron chi connectivity index (χ1n) is 7.81. The molecule has 1 atom stereocenters. The van der Waals surface area contributed by atoms with Crippen molar-refractivity contribution in [2.45, 2.75) is 52.1 Å². The van der Waals surface area contributed by atoms with Crippen molar-refractivity contribution in [1.29, 1.82) is 0 Å². The minimum absolute atomic E-state index is 0.193. The summed E-state index contributed by atoms with van der Waals surface area (Å²) in [6.07, 6.45) is 7.66. The zero-order chi connectivity index (χ0) is 15.5. The number of aromatic nitrogens is 3. The summed E-state index contributed by atoms with van der Waals surface area (Å²) in [6.45, 7) is 5.66. The molecule has 0 aliphatic carbocycles. The molecule has 0 unspecified atom stereocenters. The molecule has 0 spiro atoms. The van der Waals surface area contributed by atoms with E-state index >= 15 is 0 Å². The second-order valence-electron chi connectivity index (χ2n) is 6.01. The molecule has 6 heteroatoms. The number of nitrogens with zero attached hydrogens (tertiary/aromatic N) is 4. The van der Waals surface area contributed by atoms with Crippen LogP contribution in [0.4, 0.5) is 0 Å². The molecule has 1 saturated heterocycles. The largest absolute Gasteiger partial charge is 0.338 e. The standard InChI is InChI=1S/C16H22N4OS/c1-12-8-17-19(9-12)10-15-5-3-4-6-20(15)16(21)7-14-11-22-13(2)18-14/h8-9,11,15H,3-7,10H2,1-2H3/t15-/m1/s1. The lowest BCUT2D eigenvalue weighted by molar-refractivity contribution is -0.134. The van der Waals surface area contributed by atoms with Crippen molar-refractivity contribution in [3.8, 4) is 0 Å². The molecule has 5 nitrogen and oxygen atoms in total. The topological polar surface area (TPSA) is 51.0 Å². The quantitative estimate of drug-likeness (QED) is 0.870. The maximum Gasteiger partial charge on any atom is 0.228 e. The van der Waals surface area contributed by atoms with Crippen LogP contribution in [0.3, 0.4) is 0 Å². The van der Waals surface area contributed by atoms with Crippen LogP contribution >= 0.6 is 11.3 Å². The predicted octanol–water partition coefficient (Wildman–Crippen LogP) is 2.58. The van der Waals surface area contributed by atoms with Gasteiger partial charge in [-0.15, -0.1) is 11.3 Å². The molecule has 2 aromatic rings. The summed E-state index contributed by atoms with van der Waals surface area (Å²) in [7, 11) is 0. The number of piperidine rings is 1. The van der Waals surface area contributed by atoms with Gasteiger partial charge in [0.2, 0.25) is 5.91 Å². The lowest BCUT2D eigenvalue weighted by Crippen LogP contribution is -2.46. The molecule has 2 aromatic heterocycles. The molecule has 0 N–H and O–H groups in total. The molecule has 3 rings (SSSR count). The Morgan fingerprint density at radius 3 is 2.95 bits per heavy atom. The summed E-state index contributed by atoms with van der Waals surface area (Å²) in [5, 5.41) is 7.37. The number of hydrogen-bond donors (Lipinski definition) is 0. The molecule has 1 aliphatic rings. The molecule has 1 aliphatic heterocycles. The Kier molecular flexibility index (Phi) is 4.57. The molecule has 1 amide bonds. The van der Waals surface area contributed by atoms with Crippen molar-refractivity contribution >= 4 is 17.2 Å². The van der Waals surface area contributed by atoms with E-state index < -0.39 is 0 Å². The molecule has 1 fully saturated rings. The highest BCUT2D eigenvalue weighted by Gasteiger charge is 2.27. The molecule has 0 radical (unpaired) electrons. The number of rotatable bonds is 4. The molecule has 22 heavy (non-hydrogen) atoms. The maximum atomic E-state index is 12.6. The van der Waals surface area contributed by atoms with Gasteiger partial charge in [0, 0.05) is 18.1 Å². The number of thiazole rings is 1. The van der Waals surface area contributed by atoms with Crippen LogP contribution in [0.5, 0.6) is 0 Å². The second kappa shape index (κ2) is 6.60. The molecule has 0 aromatic carbocycles. The highest BCUT2D eigenvalue weighted by molar-refractivity contribution is 7.09. The van der Waals surface area contributed by atoms with Gasteiger partial charge in [-0.1, -0.05) is 0 Å². The van der Waals surface area contributed by atoms with Crippen LogP contribution in [0, 0.1) is 13.8 Å². The van der Waals surface area contributed by atoms with Crippen molar-refractivity contribution in [2.75, 3.05) is 6.54 Å². The second-order valence-corrected chi connectivity index (χ2v) is 7.07. The zero-order valence-electron chi connectivity index (χ0n) is 13.2. The van der Waals surface area contributed by atoms with Gasteiger partial charge < -0.3 is 4.90 Å². The van der Waals surface area contributed by atoms with Crippen LogP contribution in [0.1, 0.15) is 35.5 Å². The van der Waals surface area contributed by atoms with Crippen molar-refractivity contribution in [3.05, 3.63) is 34.0 Å². The summed E-state index contributed by atoms with van der Waals surface area (Å²) >= 11 is 1.60. The van der Waals surface area contributed by atoms with E-state index in [1.807, 2.05) is 41.2 Å². The van der Waals surface area contributed by atoms with E-state index in [0.29, 0.717) is 6.42 Å². The van der Waals surface area contributed by atoms with Crippen LogP contribution in [-0.4, -0.2) is 38.2 Å². The van der Waals surface area contributed by atoms with E-state index in [1.54, 1.807) is 11.3 Å². The minimum Gasteiger partial charge on any atom is -0.338 e. The summed E-state index contributed by atoms with van der Waals surface area (Å²) in [5.41, 5.74) is 2.05. The lowest BCUT2D eigenvalue weighted by Gasteiger charge is -2.35. The number of amides is 1. The van der Waals surface area contributed by atoms with Gasteiger partial charge >= 0.3 is 0 Å². The highest BCUT2D eigenvalue weighted by Crippen LogP contribution is 2.20. The third-order valence-corrected chi connectivity index (χ3v) is 4.93. The monoisotopic (exact) mass is 318 g/mol. The zero-order valence-corrected chi connectivity index (χ0v) is 14.0. The smallest absolute Gasteiger partial charge is 0.228 e. The van der Waals surface area contributed by atoms with Gasteiger partial charge in [-0.25, -0.2) is 4.98 Å². The summed E-state index contributed by atoms with van der Waals surface area (Å²) in [5.74, 6) is 0.193. The fourth-order valence-corrected chi connectivity index (χ4v) is 3.66. The van der Waals surface area contributed by atoms with Gasteiger partial charge in [0.1, 0.15) is 0 Å². The third kappa shape index (κ3) is 3.55. The lowest BCUT2D eigenvalue weighted by atomic mass is 10.0. The number of hydrogen-bond acceptors (Lipinski definition) is 4. The van der Waals surface area contributed by atoms with Crippen LogP contribution in [-0.2, 0) is 17.8 Å². The molecule has 118 valence electrons. The van der Waals surface area contributed by atoms with E-state index in [2.05, 4.69) is 10.1 Å². The SMILES string of the molecule is Cc1cnn(C[C@H]2CCCCN2C(=O)Cc2csc(C)n2)c1. The van der Waals surface area contributed by atoms with Gasteiger partial charge in [-0.05, 0) is 38.7 Å². The van der Waals surface area contributed by atoms with Gasteiger partial charge in [-0.2, -0.15) is 5.10 Å². The van der Waals surface area contributed by atoms with Crippen molar-refractivity contribution in [3.63, 3.8) is 0 Å². The van der Waals surface area contributed by atoms with Crippen molar-refractivity contribution in [2.24, 2.45) is 0 Å². The van der Waals surface area contributed by atoms with Crippen molar-refractivity contribution < 1.29 is 4.79 Å². The van der Waals surface area contributed by atoms with Crippen molar-refractivity contribution in [1.82, 2.24) is 19.7 Å². The Morgan fingerprint density at radius 1 is 1.41 bits per heavy atom. The van der Waals surface area contributed by atoms with E-state index in [0.717, 1.165) is 42.2 Å². The summed E-state index contributed by atoms with van der Waals surface area (Å²) in [6, 6.07) is 0.250. The Morgan fingerprint density at radius 2 is 2.27 bits per heavy atom. The molecular weight excluding hydrogens is 296 g/mol. The number of aryl methyl sites for hydroxylation is 2. The van der Waals surface area contributed by atoms with E-state index in [9.17, 15) is 4.79 Å². The number of carbonyl (C=O) groups is 1.